The van der Waals surface area contributed by atoms with E-state index in [0.29, 0.717) is 0 Å². The number of hydrazine groups is 1. The van der Waals surface area contributed by atoms with Crippen LogP contribution in [0.5, 0.6) is 0 Å². The van der Waals surface area contributed by atoms with E-state index in [2.05, 4.69) is 28.1 Å². The van der Waals surface area contributed by atoms with E-state index in [9.17, 15) is 0 Å². The number of nitrogens with zero attached hydrogens (tertiary/aromatic N) is 1. The maximum Gasteiger partial charge on any atom is 0.0112 e. The molecule has 2 heterocycles. The quantitative estimate of drug-likeness (QED) is 0.438. The number of hydrogen-bond donors (Lipinski definition) is 3. The predicted octanol–water partition coefficient (Wildman–Crippen LogP) is -0.994. The van der Waals surface area contributed by atoms with Crippen LogP contribution >= 0.6 is 0 Å². The van der Waals surface area contributed by atoms with E-state index in [1.54, 1.807) is 0 Å². The van der Waals surface area contributed by atoms with E-state index < -0.39 is 0 Å². The van der Waals surface area contributed by atoms with Gasteiger partial charge in [-0.25, -0.2) is 0 Å². The van der Waals surface area contributed by atoms with Gasteiger partial charge in [0.2, 0.25) is 0 Å². The molecule has 0 aromatic rings. The van der Waals surface area contributed by atoms with Crippen LogP contribution in [0.15, 0.2) is 0 Å². The van der Waals surface area contributed by atoms with Crippen LogP contribution in [0.1, 0.15) is 6.42 Å². The number of nitrogens with one attached hydrogen (secondary N) is 3. The summed E-state index contributed by atoms with van der Waals surface area (Å²) in [5.74, 6) is 0. The van der Waals surface area contributed by atoms with Gasteiger partial charge >= 0.3 is 0 Å². The Morgan fingerprint density at radius 1 is 0.917 bits per heavy atom. The Bertz CT molecular complexity index is 89.6. The van der Waals surface area contributed by atoms with Gasteiger partial charge < -0.3 is 10.2 Å². The molecule has 4 heteroatoms. The molecule has 0 aromatic heterocycles. The molecule has 0 aliphatic carbocycles. The van der Waals surface area contributed by atoms with Crippen LogP contribution in [-0.4, -0.2) is 51.2 Å². The van der Waals surface area contributed by atoms with Crippen LogP contribution in [0, 0.1) is 0 Å². The van der Waals surface area contributed by atoms with Gasteiger partial charge in [0.15, 0.2) is 0 Å². The largest absolute Gasteiger partial charge is 0.314 e. The summed E-state index contributed by atoms with van der Waals surface area (Å²) in [5, 5.41) is 3.27. The second-order valence-corrected chi connectivity index (χ2v) is 3.26. The highest BCUT2D eigenvalue weighted by molar-refractivity contribution is 4.62. The Morgan fingerprint density at radius 3 is 1.75 bits per heavy atom. The molecule has 0 bridgehead atoms. The summed E-state index contributed by atoms with van der Waals surface area (Å²) in [6.07, 6.45) is 1.28. The molecule has 0 saturated carbocycles. The molecule has 2 aliphatic heterocycles. The topological polar surface area (TPSA) is 39.3 Å². The summed E-state index contributed by atoms with van der Waals surface area (Å²) in [7, 11) is 2.15. The predicted molar refractivity (Wildman–Crippen MR) is 51.0 cm³/mol. The summed E-state index contributed by atoms with van der Waals surface area (Å²) in [6, 6.07) is 0. The Hall–Kier alpha value is -0.160. The Morgan fingerprint density at radius 2 is 1.50 bits per heavy atom. The van der Waals surface area contributed by atoms with Crippen LogP contribution in [0.25, 0.3) is 0 Å². The first kappa shape index (κ1) is 9.92. The summed E-state index contributed by atoms with van der Waals surface area (Å²) < 4.78 is 0. The van der Waals surface area contributed by atoms with Crippen LogP contribution in [0.4, 0.5) is 0 Å². The van der Waals surface area contributed by atoms with Crippen molar-refractivity contribution < 1.29 is 0 Å². The molecule has 2 rings (SSSR count). The van der Waals surface area contributed by atoms with Gasteiger partial charge in [-0.2, -0.15) is 0 Å². The van der Waals surface area contributed by atoms with Gasteiger partial charge in [-0.3, -0.25) is 10.9 Å². The molecule has 2 aliphatic rings. The van der Waals surface area contributed by atoms with Gasteiger partial charge in [0.25, 0.3) is 0 Å². The molecule has 12 heavy (non-hydrogen) atoms. The van der Waals surface area contributed by atoms with Crippen molar-refractivity contribution in [2.75, 3.05) is 46.3 Å². The Kier molecular flexibility index (Phi) is 5.27. The molecular formula is C8H20N4. The third kappa shape index (κ3) is 4.66. The zero-order valence-electron chi connectivity index (χ0n) is 7.90. The first-order valence-electron chi connectivity index (χ1n) is 4.74. The smallest absolute Gasteiger partial charge is 0.0112 e. The lowest BCUT2D eigenvalue weighted by Gasteiger charge is -2.21. The van der Waals surface area contributed by atoms with Crippen molar-refractivity contribution in [1.29, 1.82) is 0 Å². The van der Waals surface area contributed by atoms with Gasteiger partial charge in [-0.05, 0) is 13.5 Å². The molecule has 0 radical (unpaired) electrons. The normalized spacial score (nSPS) is 24.8. The minimum absolute atomic E-state index is 1.14. The van der Waals surface area contributed by atoms with E-state index in [1.165, 1.54) is 19.5 Å². The standard InChI is InChI=1S/C5H12N2.C3H8N2/c1-7-4-2-6-3-5-7;1-2-4-5-3-1/h6H,2-5H2,1H3;4-5H,1-3H2. The first-order chi connectivity index (χ1) is 5.89. The molecule has 0 aromatic carbocycles. The van der Waals surface area contributed by atoms with Crippen molar-refractivity contribution in [2.45, 2.75) is 6.42 Å². The lowest BCUT2D eigenvalue weighted by Crippen LogP contribution is -2.40. The number of hydrogen-bond acceptors (Lipinski definition) is 4. The Labute approximate surface area is 74.7 Å². The van der Waals surface area contributed by atoms with Gasteiger partial charge in [-0.1, -0.05) is 0 Å². The fourth-order valence-corrected chi connectivity index (χ4v) is 1.22. The minimum Gasteiger partial charge on any atom is -0.314 e. The summed E-state index contributed by atoms with van der Waals surface area (Å²) >= 11 is 0. The van der Waals surface area contributed by atoms with Crippen molar-refractivity contribution in [3.63, 3.8) is 0 Å². The maximum atomic E-state index is 3.27. The first-order valence-corrected chi connectivity index (χ1v) is 4.74. The van der Waals surface area contributed by atoms with Crippen molar-refractivity contribution in [1.82, 2.24) is 21.1 Å². The van der Waals surface area contributed by atoms with Crippen LogP contribution in [-0.2, 0) is 0 Å². The molecule has 4 nitrogen and oxygen atoms in total. The second kappa shape index (κ2) is 6.37. The fourth-order valence-electron chi connectivity index (χ4n) is 1.22. The number of likely N-dealkylation sites (N-methyl/N-ethyl adjacent to an activating group) is 1. The van der Waals surface area contributed by atoms with E-state index in [1.807, 2.05) is 0 Å². The molecule has 3 N–H and O–H groups in total. The fraction of sp³-hybridized carbons (Fsp3) is 1.00. The zero-order valence-corrected chi connectivity index (χ0v) is 7.90. The lowest BCUT2D eigenvalue weighted by molar-refractivity contribution is 0.291. The van der Waals surface area contributed by atoms with E-state index in [4.69, 9.17) is 0 Å². The summed E-state index contributed by atoms with van der Waals surface area (Å²) in [4.78, 5) is 2.33. The van der Waals surface area contributed by atoms with Crippen molar-refractivity contribution in [2.24, 2.45) is 0 Å². The lowest BCUT2D eigenvalue weighted by atomic mass is 10.4. The van der Waals surface area contributed by atoms with Crippen molar-refractivity contribution in [3.8, 4) is 0 Å². The second-order valence-electron chi connectivity index (χ2n) is 3.26. The van der Waals surface area contributed by atoms with E-state index in [-0.39, 0.29) is 0 Å². The molecule has 2 fully saturated rings. The minimum atomic E-state index is 1.14. The highest BCUT2D eigenvalue weighted by atomic mass is 15.4. The van der Waals surface area contributed by atoms with Gasteiger partial charge in [0, 0.05) is 39.3 Å². The number of rotatable bonds is 0. The maximum absolute atomic E-state index is 3.27. The van der Waals surface area contributed by atoms with Crippen LogP contribution in [0.2, 0.25) is 0 Å². The van der Waals surface area contributed by atoms with Crippen LogP contribution in [0.3, 0.4) is 0 Å². The van der Waals surface area contributed by atoms with Gasteiger partial charge in [0.05, 0.1) is 0 Å². The SMILES string of the molecule is C1CNNC1.CN1CCNCC1. The van der Waals surface area contributed by atoms with Gasteiger partial charge in [-0.15, -0.1) is 0 Å². The Balaban J connectivity index is 0.000000127. The average Bonchev–Trinajstić information content (AvgIpc) is 2.62. The highest BCUT2D eigenvalue weighted by Crippen LogP contribution is 1.83. The summed E-state index contributed by atoms with van der Waals surface area (Å²) in [6.45, 7) is 7.02. The molecule has 2 saturated heterocycles. The molecular weight excluding hydrogens is 152 g/mol. The molecule has 0 unspecified atom stereocenters. The van der Waals surface area contributed by atoms with Gasteiger partial charge in [0.1, 0.15) is 0 Å². The van der Waals surface area contributed by atoms with Crippen molar-refractivity contribution >= 4 is 0 Å². The monoisotopic (exact) mass is 172 g/mol. The zero-order chi connectivity index (χ0) is 8.65. The third-order valence-corrected chi connectivity index (χ3v) is 2.07. The number of piperazine rings is 1. The average molecular weight is 172 g/mol. The molecule has 0 atom stereocenters. The third-order valence-electron chi connectivity index (χ3n) is 2.07. The highest BCUT2D eigenvalue weighted by Gasteiger charge is 2.01. The van der Waals surface area contributed by atoms with E-state index >= 15 is 0 Å². The van der Waals surface area contributed by atoms with Crippen molar-refractivity contribution in [3.05, 3.63) is 0 Å². The van der Waals surface area contributed by atoms with Crippen LogP contribution < -0.4 is 16.2 Å². The molecule has 72 valence electrons. The molecule has 0 amide bonds. The van der Waals surface area contributed by atoms with E-state index in [0.717, 1.165) is 26.2 Å². The summed E-state index contributed by atoms with van der Waals surface area (Å²) in [5.41, 5.74) is 5.94. The molecule has 0 spiro atoms.